The van der Waals surface area contributed by atoms with Crippen molar-refractivity contribution in [3.8, 4) is 0 Å². The quantitative estimate of drug-likeness (QED) is 0.883. The molecule has 1 rings (SSSR count). The standard InChI is InChI=1S/C14H23NO2S/c1-7-10-9(2)8-11(18-10)12(16)15-13(3,4)14(5,6)17/h8,17H,7H2,1-6H3,(H,15,16). The molecule has 0 spiro atoms. The lowest BCUT2D eigenvalue weighted by molar-refractivity contribution is -0.00284. The maximum Gasteiger partial charge on any atom is 0.261 e. The van der Waals surface area contributed by atoms with E-state index in [1.807, 2.05) is 26.8 Å². The Labute approximate surface area is 113 Å². The fraction of sp³-hybridized carbons (Fsp3) is 0.643. The average Bonchev–Trinajstić information content (AvgIpc) is 2.57. The van der Waals surface area contributed by atoms with Crippen LogP contribution in [0, 0.1) is 6.92 Å². The molecule has 1 aromatic rings. The van der Waals surface area contributed by atoms with Crippen LogP contribution in [0.4, 0.5) is 0 Å². The topological polar surface area (TPSA) is 49.3 Å². The summed E-state index contributed by atoms with van der Waals surface area (Å²) in [6.45, 7) is 11.2. The van der Waals surface area contributed by atoms with Crippen LogP contribution in [-0.4, -0.2) is 22.2 Å². The lowest BCUT2D eigenvalue weighted by atomic mass is 9.86. The Hall–Kier alpha value is -0.870. The van der Waals surface area contributed by atoms with Crippen LogP contribution in [0.3, 0.4) is 0 Å². The van der Waals surface area contributed by atoms with E-state index in [2.05, 4.69) is 12.2 Å². The Morgan fingerprint density at radius 3 is 2.33 bits per heavy atom. The number of carbonyl (C=O) groups excluding carboxylic acids is 1. The van der Waals surface area contributed by atoms with Crippen LogP contribution in [0.25, 0.3) is 0 Å². The number of hydrogen-bond donors (Lipinski definition) is 2. The Morgan fingerprint density at radius 2 is 1.94 bits per heavy atom. The molecule has 0 atom stereocenters. The normalized spacial score (nSPS) is 12.6. The Kier molecular flexibility index (Phi) is 4.23. The van der Waals surface area contributed by atoms with E-state index < -0.39 is 11.1 Å². The van der Waals surface area contributed by atoms with Gasteiger partial charge in [-0.25, -0.2) is 0 Å². The second-order valence-corrected chi connectivity index (χ2v) is 6.85. The van der Waals surface area contributed by atoms with E-state index in [0.717, 1.165) is 12.0 Å². The first kappa shape index (κ1) is 15.2. The predicted octanol–water partition coefficient (Wildman–Crippen LogP) is 2.90. The summed E-state index contributed by atoms with van der Waals surface area (Å²) in [5, 5.41) is 12.9. The van der Waals surface area contributed by atoms with E-state index >= 15 is 0 Å². The molecular formula is C14H23NO2S. The average molecular weight is 269 g/mol. The molecule has 1 aromatic heterocycles. The summed E-state index contributed by atoms with van der Waals surface area (Å²) in [5.74, 6) is -0.116. The summed E-state index contributed by atoms with van der Waals surface area (Å²) in [6.07, 6.45) is 0.943. The van der Waals surface area contributed by atoms with Gasteiger partial charge in [0.2, 0.25) is 0 Å². The highest BCUT2D eigenvalue weighted by molar-refractivity contribution is 7.14. The molecule has 18 heavy (non-hydrogen) atoms. The van der Waals surface area contributed by atoms with Gasteiger partial charge in [-0.3, -0.25) is 4.79 Å². The number of hydrogen-bond acceptors (Lipinski definition) is 3. The molecule has 0 aromatic carbocycles. The third-order valence-electron chi connectivity index (χ3n) is 3.52. The fourth-order valence-corrected chi connectivity index (χ4v) is 2.49. The predicted molar refractivity (Wildman–Crippen MR) is 76.3 cm³/mol. The SMILES string of the molecule is CCc1sc(C(=O)NC(C)(C)C(C)(C)O)cc1C. The van der Waals surface area contributed by atoms with Crippen molar-refractivity contribution in [3.05, 3.63) is 21.4 Å². The van der Waals surface area contributed by atoms with Gasteiger partial charge in [-0.05, 0) is 52.7 Å². The molecule has 0 aliphatic heterocycles. The van der Waals surface area contributed by atoms with Gasteiger partial charge in [-0.15, -0.1) is 11.3 Å². The van der Waals surface area contributed by atoms with Crippen LogP contribution < -0.4 is 5.32 Å². The molecule has 102 valence electrons. The minimum Gasteiger partial charge on any atom is -0.388 e. The third-order valence-corrected chi connectivity index (χ3v) is 4.90. The van der Waals surface area contributed by atoms with Crippen LogP contribution in [0.1, 0.15) is 54.7 Å². The summed E-state index contributed by atoms with van der Waals surface area (Å²) >= 11 is 1.53. The second kappa shape index (κ2) is 5.02. The van der Waals surface area contributed by atoms with Crippen molar-refractivity contribution in [1.82, 2.24) is 5.32 Å². The van der Waals surface area contributed by atoms with Gasteiger partial charge in [0, 0.05) is 4.88 Å². The molecule has 3 nitrogen and oxygen atoms in total. The lowest BCUT2D eigenvalue weighted by Crippen LogP contribution is -2.57. The van der Waals surface area contributed by atoms with Crippen LogP contribution >= 0.6 is 11.3 Å². The monoisotopic (exact) mass is 269 g/mol. The van der Waals surface area contributed by atoms with Crippen LogP contribution in [-0.2, 0) is 6.42 Å². The van der Waals surface area contributed by atoms with Crippen molar-refractivity contribution < 1.29 is 9.90 Å². The first-order chi connectivity index (χ1) is 8.08. The number of thiophene rings is 1. The van der Waals surface area contributed by atoms with Crippen LogP contribution in [0.2, 0.25) is 0 Å². The molecule has 0 saturated heterocycles. The van der Waals surface area contributed by atoms with Crippen molar-refractivity contribution in [2.45, 2.75) is 59.1 Å². The maximum atomic E-state index is 12.2. The molecule has 0 aliphatic rings. The zero-order valence-corrected chi connectivity index (χ0v) is 12.9. The van der Waals surface area contributed by atoms with Crippen molar-refractivity contribution in [2.75, 3.05) is 0 Å². The summed E-state index contributed by atoms with van der Waals surface area (Å²) < 4.78 is 0. The van der Waals surface area contributed by atoms with Gasteiger partial charge in [-0.1, -0.05) is 6.92 Å². The molecule has 2 N–H and O–H groups in total. The zero-order valence-electron chi connectivity index (χ0n) is 12.0. The lowest BCUT2D eigenvalue weighted by Gasteiger charge is -2.37. The Bertz CT molecular complexity index is 441. The van der Waals surface area contributed by atoms with Gasteiger partial charge in [0.15, 0.2) is 0 Å². The number of carbonyl (C=O) groups is 1. The van der Waals surface area contributed by atoms with E-state index in [-0.39, 0.29) is 5.91 Å². The first-order valence-corrected chi connectivity index (χ1v) is 7.04. The molecule has 0 fully saturated rings. The number of rotatable bonds is 4. The molecule has 1 amide bonds. The molecule has 0 bridgehead atoms. The molecule has 0 unspecified atom stereocenters. The first-order valence-electron chi connectivity index (χ1n) is 6.22. The number of nitrogens with one attached hydrogen (secondary N) is 1. The summed E-state index contributed by atoms with van der Waals surface area (Å²) in [6, 6.07) is 1.92. The Morgan fingerprint density at radius 1 is 1.39 bits per heavy atom. The summed E-state index contributed by atoms with van der Waals surface area (Å²) in [4.78, 5) is 14.1. The van der Waals surface area contributed by atoms with Gasteiger partial charge in [0.05, 0.1) is 16.0 Å². The molecule has 1 heterocycles. The summed E-state index contributed by atoms with van der Waals surface area (Å²) in [5.41, 5.74) is -0.481. The van der Waals surface area contributed by atoms with Crippen LogP contribution in [0.15, 0.2) is 6.07 Å². The second-order valence-electron chi connectivity index (χ2n) is 5.71. The largest absolute Gasteiger partial charge is 0.388 e. The fourth-order valence-electron chi connectivity index (χ4n) is 1.48. The Balaban J connectivity index is 2.89. The van der Waals surface area contributed by atoms with E-state index in [1.165, 1.54) is 16.2 Å². The van der Waals surface area contributed by atoms with E-state index in [0.29, 0.717) is 4.88 Å². The van der Waals surface area contributed by atoms with Gasteiger partial charge in [0.25, 0.3) is 5.91 Å². The van der Waals surface area contributed by atoms with Gasteiger partial charge >= 0.3 is 0 Å². The smallest absolute Gasteiger partial charge is 0.261 e. The summed E-state index contributed by atoms with van der Waals surface area (Å²) in [7, 11) is 0. The van der Waals surface area contributed by atoms with Gasteiger partial charge < -0.3 is 10.4 Å². The van der Waals surface area contributed by atoms with Crippen molar-refractivity contribution >= 4 is 17.2 Å². The number of aryl methyl sites for hydroxylation is 2. The third kappa shape index (κ3) is 3.12. The molecule has 0 aliphatic carbocycles. The van der Waals surface area contributed by atoms with E-state index in [4.69, 9.17) is 0 Å². The zero-order chi connectivity index (χ0) is 14.1. The van der Waals surface area contributed by atoms with Gasteiger partial charge in [0.1, 0.15) is 0 Å². The highest BCUT2D eigenvalue weighted by Gasteiger charge is 2.36. The van der Waals surface area contributed by atoms with Crippen molar-refractivity contribution in [2.24, 2.45) is 0 Å². The minimum absolute atomic E-state index is 0.116. The molecule has 4 heteroatoms. The maximum absolute atomic E-state index is 12.2. The highest BCUT2D eigenvalue weighted by atomic mass is 32.1. The molecule has 0 radical (unpaired) electrons. The molecular weight excluding hydrogens is 246 g/mol. The van der Waals surface area contributed by atoms with Gasteiger partial charge in [-0.2, -0.15) is 0 Å². The van der Waals surface area contributed by atoms with Crippen LogP contribution in [0.5, 0.6) is 0 Å². The minimum atomic E-state index is -0.970. The number of aliphatic hydroxyl groups is 1. The van der Waals surface area contributed by atoms with Crippen molar-refractivity contribution in [1.29, 1.82) is 0 Å². The van der Waals surface area contributed by atoms with E-state index in [9.17, 15) is 9.90 Å². The molecule has 0 saturated carbocycles. The van der Waals surface area contributed by atoms with Crippen molar-refractivity contribution in [3.63, 3.8) is 0 Å². The number of amides is 1. The highest BCUT2D eigenvalue weighted by Crippen LogP contribution is 2.25. The van der Waals surface area contributed by atoms with E-state index in [1.54, 1.807) is 13.8 Å².